The van der Waals surface area contributed by atoms with Crippen molar-refractivity contribution in [3.05, 3.63) is 23.5 Å². The molecular formula is C11H15ClN2. The van der Waals surface area contributed by atoms with E-state index in [1.165, 1.54) is 19.3 Å². The normalized spacial score (nSPS) is 17.9. The van der Waals surface area contributed by atoms with E-state index in [2.05, 4.69) is 17.2 Å². The summed E-state index contributed by atoms with van der Waals surface area (Å²) in [5, 5.41) is 4.05. The van der Waals surface area contributed by atoms with Crippen LogP contribution in [-0.4, -0.2) is 11.0 Å². The van der Waals surface area contributed by atoms with Gasteiger partial charge in [-0.2, -0.15) is 0 Å². The SMILES string of the molecule is CCC(Nc1ccc(Cl)nc1)C1CC1. The molecule has 1 aliphatic carbocycles. The Bertz CT molecular complexity index is 293. The van der Waals surface area contributed by atoms with Crippen LogP contribution in [0.15, 0.2) is 18.3 Å². The highest BCUT2D eigenvalue weighted by atomic mass is 35.5. The zero-order valence-electron chi connectivity index (χ0n) is 8.33. The highest BCUT2D eigenvalue weighted by Crippen LogP contribution is 2.35. The van der Waals surface area contributed by atoms with E-state index in [9.17, 15) is 0 Å². The Kier molecular flexibility index (Phi) is 2.92. The van der Waals surface area contributed by atoms with E-state index in [1.807, 2.05) is 12.1 Å². The molecule has 76 valence electrons. The molecule has 1 saturated carbocycles. The summed E-state index contributed by atoms with van der Waals surface area (Å²) in [6.07, 6.45) is 5.71. The van der Waals surface area contributed by atoms with Crippen molar-refractivity contribution in [1.82, 2.24) is 4.98 Å². The van der Waals surface area contributed by atoms with Crippen molar-refractivity contribution in [2.75, 3.05) is 5.32 Å². The molecule has 0 aromatic carbocycles. The molecule has 1 fully saturated rings. The number of hydrogen-bond donors (Lipinski definition) is 1. The van der Waals surface area contributed by atoms with Crippen molar-refractivity contribution in [2.45, 2.75) is 32.2 Å². The summed E-state index contributed by atoms with van der Waals surface area (Å²) >= 11 is 5.72. The zero-order valence-corrected chi connectivity index (χ0v) is 9.09. The van der Waals surface area contributed by atoms with Crippen molar-refractivity contribution >= 4 is 17.3 Å². The van der Waals surface area contributed by atoms with Crippen molar-refractivity contribution in [3.63, 3.8) is 0 Å². The van der Waals surface area contributed by atoms with E-state index >= 15 is 0 Å². The molecule has 1 heterocycles. The smallest absolute Gasteiger partial charge is 0.129 e. The van der Waals surface area contributed by atoms with Crippen molar-refractivity contribution in [3.8, 4) is 0 Å². The van der Waals surface area contributed by atoms with Gasteiger partial charge in [0.25, 0.3) is 0 Å². The van der Waals surface area contributed by atoms with E-state index in [4.69, 9.17) is 11.6 Å². The Labute approximate surface area is 89.7 Å². The van der Waals surface area contributed by atoms with Gasteiger partial charge in [-0.1, -0.05) is 18.5 Å². The van der Waals surface area contributed by atoms with Gasteiger partial charge in [0, 0.05) is 6.04 Å². The van der Waals surface area contributed by atoms with E-state index in [1.54, 1.807) is 6.20 Å². The molecule has 1 N–H and O–H groups in total. The fraction of sp³-hybridized carbons (Fsp3) is 0.545. The number of hydrogen-bond acceptors (Lipinski definition) is 2. The first-order chi connectivity index (χ1) is 6.79. The van der Waals surface area contributed by atoms with Crippen LogP contribution in [0.4, 0.5) is 5.69 Å². The van der Waals surface area contributed by atoms with Gasteiger partial charge in [-0.15, -0.1) is 0 Å². The van der Waals surface area contributed by atoms with Gasteiger partial charge in [-0.3, -0.25) is 0 Å². The minimum atomic E-state index is 0.551. The van der Waals surface area contributed by atoms with E-state index in [0.717, 1.165) is 11.6 Å². The number of halogens is 1. The van der Waals surface area contributed by atoms with Crippen LogP contribution in [-0.2, 0) is 0 Å². The predicted molar refractivity (Wildman–Crippen MR) is 59.7 cm³/mol. The van der Waals surface area contributed by atoms with Crippen LogP contribution in [0.2, 0.25) is 5.15 Å². The second kappa shape index (κ2) is 4.18. The van der Waals surface area contributed by atoms with Gasteiger partial charge in [-0.05, 0) is 37.3 Å². The van der Waals surface area contributed by atoms with Crippen LogP contribution in [0.3, 0.4) is 0 Å². The maximum atomic E-state index is 5.72. The lowest BCUT2D eigenvalue weighted by atomic mass is 10.1. The minimum absolute atomic E-state index is 0.551. The van der Waals surface area contributed by atoms with Gasteiger partial charge in [0.15, 0.2) is 0 Å². The Hall–Kier alpha value is -0.760. The standard InChI is InChI=1S/C11H15ClN2/c1-2-10(8-3-4-8)14-9-5-6-11(12)13-7-9/h5-8,10,14H,2-4H2,1H3. The largest absolute Gasteiger partial charge is 0.381 e. The van der Waals surface area contributed by atoms with Gasteiger partial charge in [-0.25, -0.2) is 4.98 Å². The molecule has 0 aliphatic heterocycles. The fourth-order valence-corrected chi connectivity index (χ4v) is 1.84. The van der Waals surface area contributed by atoms with Crippen molar-refractivity contribution < 1.29 is 0 Å². The third kappa shape index (κ3) is 2.38. The van der Waals surface area contributed by atoms with E-state index in [-0.39, 0.29) is 0 Å². The summed E-state index contributed by atoms with van der Waals surface area (Å²) in [5.74, 6) is 0.871. The van der Waals surface area contributed by atoms with Crippen LogP contribution in [0, 0.1) is 5.92 Å². The number of aromatic nitrogens is 1. The number of anilines is 1. The first kappa shape index (κ1) is 9.78. The monoisotopic (exact) mass is 210 g/mol. The summed E-state index contributed by atoms with van der Waals surface area (Å²) in [5.41, 5.74) is 1.08. The fourth-order valence-electron chi connectivity index (χ4n) is 1.73. The second-order valence-corrected chi connectivity index (χ2v) is 4.25. The molecule has 0 amide bonds. The maximum Gasteiger partial charge on any atom is 0.129 e. The van der Waals surface area contributed by atoms with Gasteiger partial charge in [0.05, 0.1) is 11.9 Å². The Morgan fingerprint density at radius 2 is 2.36 bits per heavy atom. The van der Waals surface area contributed by atoms with Gasteiger partial charge >= 0.3 is 0 Å². The number of nitrogens with zero attached hydrogens (tertiary/aromatic N) is 1. The third-order valence-corrected chi connectivity index (χ3v) is 2.93. The highest BCUT2D eigenvalue weighted by Gasteiger charge is 2.29. The lowest BCUT2D eigenvalue weighted by molar-refractivity contribution is 0.616. The maximum absolute atomic E-state index is 5.72. The predicted octanol–water partition coefficient (Wildman–Crippen LogP) is 3.34. The van der Waals surface area contributed by atoms with Crippen LogP contribution in [0.25, 0.3) is 0 Å². The van der Waals surface area contributed by atoms with Crippen LogP contribution in [0.1, 0.15) is 26.2 Å². The molecule has 2 rings (SSSR count). The van der Waals surface area contributed by atoms with Crippen LogP contribution < -0.4 is 5.32 Å². The van der Waals surface area contributed by atoms with Crippen molar-refractivity contribution in [2.24, 2.45) is 5.92 Å². The molecule has 1 atom stereocenters. The number of pyridine rings is 1. The van der Waals surface area contributed by atoms with Crippen LogP contribution in [0.5, 0.6) is 0 Å². The molecule has 14 heavy (non-hydrogen) atoms. The third-order valence-electron chi connectivity index (χ3n) is 2.71. The zero-order chi connectivity index (χ0) is 9.97. The van der Waals surface area contributed by atoms with E-state index < -0.39 is 0 Å². The summed E-state index contributed by atoms with van der Waals surface area (Å²) in [7, 11) is 0. The lowest BCUT2D eigenvalue weighted by Crippen LogP contribution is -2.20. The topological polar surface area (TPSA) is 24.9 Å². The molecule has 2 nitrogen and oxygen atoms in total. The molecule has 0 saturated heterocycles. The lowest BCUT2D eigenvalue weighted by Gasteiger charge is -2.17. The number of nitrogens with one attached hydrogen (secondary N) is 1. The average molecular weight is 211 g/mol. The molecule has 3 heteroatoms. The quantitative estimate of drug-likeness (QED) is 0.772. The van der Waals surface area contributed by atoms with Gasteiger partial charge < -0.3 is 5.32 Å². The molecular weight excluding hydrogens is 196 g/mol. The molecule has 0 bridgehead atoms. The second-order valence-electron chi connectivity index (χ2n) is 3.87. The summed E-state index contributed by atoms with van der Waals surface area (Å²) in [6, 6.07) is 4.42. The minimum Gasteiger partial charge on any atom is -0.381 e. The average Bonchev–Trinajstić information content (AvgIpc) is 3.01. The summed E-state index contributed by atoms with van der Waals surface area (Å²) in [4.78, 5) is 4.05. The van der Waals surface area contributed by atoms with Gasteiger partial charge in [0.1, 0.15) is 5.15 Å². The highest BCUT2D eigenvalue weighted by molar-refractivity contribution is 6.29. The molecule has 1 aliphatic rings. The summed E-state index contributed by atoms with van der Waals surface area (Å²) < 4.78 is 0. The Morgan fingerprint density at radius 1 is 1.57 bits per heavy atom. The van der Waals surface area contributed by atoms with Gasteiger partial charge in [0.2, 0.25) is 0 Å². The molecule has 1 aromatic heterocycles. The van der Waals surface area contributed by atoms with Crippen LogP contribution >= 0.6 is 11.6 Å². The first-order valence-corrected chi connectivity index (χ1v) is 5.55. The molecule has 1 unspecified atom stereocenters. The molecule has 0 radical (unpaired) electrons. The summed E-state index contributed by atoms with van der Waals surface area (Å²) in [6.45, 7) is 2.22. The number of rotatable bonds is 4. The first-order valence-electron chi connectivity index (χ1n) is 5.17. The molecule has 0 spiro atoms. The van der Waals surface area contributed by atoms with Crippen molar-refractivity contribution in [1.29, 1.82) is 0 Å². The van der Waals surface area contributed by atoms with E-state index in [0.29, 0.717) is 11.2 Å². The Balaban J connectivity index is 1.98. The Morgan fingerprint density at radius 3 is 2.86 bits per heavy atom. The molecule has 1 aromatic rings.